The smallest absolute Gasteiger partial charge is 0.237 e. The number of amides is 2. The highest BCUT2D eigenvalue weighted by Crippen LogP contribution is 2.19. The molecular formula is C13H23N3O2. The quantitative estimate of drug-likeness (QED) is 0.782. The van der Waals surface area contributed by atoms with Crippen molar-refractivity contribution in [2.24, 2.45) is 0 Å². The molecule has 1 N–H and O–H groups in total. The fourth-order valence-corrected chi connectivity index (χ4v) is 2.86. The second-order valence-corrected chi connectivity index (χ2v) is 5.21. The lowest BCUT2D eigenvalue weighted by atomic mass is 10.00. The molecular weight excluding hydrogens is 230 g/mol. The SMILES string of the molecule is CCC1CCCCN1C(=O)CN1CCNC(=O)C1. The van der Waals surface area contributed by atoms with Gasteiger partial charge in [-0.1, -0.05) is 6.92 Å². The maximum atomic E-state index is 12.3. The van der Waals surface area contributed by atoms with Crippen LogP contribution >= 0.6 is 0 Å². The first-order valence-electron chi connectivity index (χ1n) is 6.99. The number of nitrogens with zero attached hydrogens (tertiary/aromatic N) is 2. The van der Waals surface area contributed by atoms with E-state index in [1.807, 2.05) is 9.80 Å². The molecule has 0 aromatic rings. The molecule has 1 unspecified atom stereocenters. The molecule has 0 radical (unpaired) electrons. The van der Waals surface area contributed by atoms with Gasteiger partial charge < -0.3 is 10.2 Å². The highest BCUT2D eigenvalue weighted by molar-refractivity contribution is 5.82. The average molecular weight is 253 g/mol. The van der Waals surface area contributed by atoms with E-state index in [2.05, 4.69) is 12.2 Å². The van der Waals surface area contributed by atoms with Crippen molar-refractivity contribution < 1.29 is 9.59 Å². The Morgan fingerprint density at radius 3 is 2.94 bits per heavy atom. The zero-order chi connectivity index (χ0) is 13.0. The van der Waals surface area contributed by atoms with E-state index in [0.717, 1.165) is 32.4 Å². The van der Waals surface area contributed by atoms with Gasteiger partial charge >= 0.3 is 0 Å². The summed E-state index contributed by atoms with van der Waals surface area (Å²) in [6.45, 7) is 5.22. The molecule has 2 aliphatic heterocycles. The number of nitrogens with one attached hydrogen (secondary N) is 1. The Bertz CT molecular complexity index is 319. The van der Waals surface area contributed by atoms with Crippen LogP contribution in [0.5, 0.6) is 0 Å². The second-order valence-electron chi connectivity index (χ2n) is 5.21. The zero-order valence-corrected chi connectivity index (χ0v) is 11.2. The number of rotatable bonds is 3. The van der Waals surface area contributed by atoms with Gasteiger partial charge in [-0.2, -0.15) is 0 Å². The first kappa shape index (κ1) is 13.3. The fourth-order valence-electron chi connectivity index (χ4n) is 2.86. The van der Waals surface area contributed by atoms with Crippen LogP contribution in [0.4, 0.5) is 0 Å². The van der Waals surface area contributed by atoms with Crippen LogP contribution in [0.1, 0.15) is 32.6 Å². The van der Waals surface area contributed by atoms with E-state index in [0.29, 0.717) is 25.7 Å². The summed E-state index contributed by atoms with van der Waals surface area (Å²) >= 11 is 0. The molecule has 0 aliphatic carbocycles. The third kappa shape index (κ3) is 3.22. The molecule has 0 spiro atoms. The Labute approximate surface area is 108 Å². The van der Waals surface area contributed by atoms with E-state index < -0.39 is 0 Å². The number of carbonyl (C=O) groups is 2. The molecule has 0 bridgehead atoms. The van der Waals surface area contributed by atoms with E-state index in [1.54, 1.807) is 0 Å². The lowest BCUT2D eigenvalue weighted by molar-refractivity contribution is -0.137. The predicted octanol–water partition coefficient (Wildman–Crippen LogP) is 0.209. The Balaban J connectivity index is 1.87. The largest absolute Gasteiger partial charge is 0.354 e. The lowest BCUT2D eigenvalue weighted by Crippen LogP contribution is -2.53. The minimum Gasteiger partial charge on any atom is -0.354 e. The van der Waals surface area contributed by atoms with Crippen molar-refractivity contribution in [3.63, 3.8) is 0 Å². The number of carbonyl (C=O) groups excluding carboxylic acids is 2. The molecule has 0 aromatic carbocycles. The Hall–Kier alpha value is -1.10. The lowest BCUT2D eigenvalue weighted by Gasteiger charge is -2.37. The highest BCUT2D eigenvalue weighted by atomic mass is 16.2. The Kier molecular flexibility index (Phi) is 4.58. The first-order valence-corrected chi connectivity index (χ1v) is 6.99. The van der Waals surface area contributed by atoms with Gasteiger partial charge in [0, 0.05) is 25.7 Å². The monoisotopic (exact) mass is 253 g/mol. The van der Waals surface area contributed by atoms with Crippen molar-refractivity contribution >= 4 is 11.8 Å². The van der Waals surface area contributed by atoms with Crippen LogP contribution in [0.3, 0.4) is 0 Å². The summed E-state index contributed by atoms with van der Waals surface area (Å²) in [5, 5.41) is 2.78. The topological polar surface area (TPSA) is 52.7 Å². The van der Waals surface area contributed by atoms with Crippen LogP contribution in [0.25, 0.3) is 0 Å². The third-order valence-electron chi connectivity index (χ3n) is 3.90. The number of hydrogen-bond donors (Lipinski definition) is 1. The molecule has 2 aliphatic rings. The van der Waals surface area contributed by atoms with Crippen molar-refractivity contribution in [3.05, 3.63) is 0 Å². The summed E-state index contributed by atoms with van der Waals surface area (Å²) in [5.74, 6) is 0.219. The van der Waals surface area contributed by atoms with E-state index >= 15 is 0 Å². The number of likely N-dealkylation sites (tertiary alicyclic amines) is 1. The minimum atomic E-state index is 0.0275. The van der Waals surface area contributed by atoms with Crippen molar-refractivity contribution in [2.45, 2.75) is 38.6 Å². The fraction of sp³-hybridized carbons (Fsp3) is 0.846. The molecule has 2 fully saturated rings. The van der Waals surface area contributed by atoms with Gasteiger partial charge in [-0.25, -0.2) is 0 Å². The Morgan fingerprint density at radius 2 is 2.22 bits per heavy atom. The number of hydrogen-bond acceptors (Lipinski definition) is 3. The predicted molar refractivity (Wildman–Crippen MR) is 69.1 cm³/mol. The molecule has 1 atom stereocenters. The van der Waals surface area contributed by atoms with Gasteiger partial charge in [-0.3, -0.25) is 14.5 Å². The number of piperazine rings is 1. The van der Waals surface area contributed by atoms with Gasteiger partial charge in [0.05, 0.1) is 13.1 Å². The molecule has 5 nitrogen and oxygen atoms in total. The maximum absolute atomic E-state index is 12.3. The molecule has 2 rings (SSSR count). The van der Waals surface area contributed by atoms with Crippen LogP contribution < -0.4 is 5.32 Å². The molecule has 5 heteroatoms. The summed E-state index contributed by atoms with van der Waals surface area (Å²) in [4.78, 5) is 27.5. The van der Waals surface area contributed by atoms with E-state index in [1.165, 1.54) is 6.42 Å². The summed E-state index contributed by atoms with van der Waals surface area (Å²) < 4.78 is 0. The molecule has 18 heavy (non-hydrogen) atoms. The highest BCUT2D eigenvalue weighted by Gasteiger charge is 2.27. The van der Waals surface area contributed by atoms with E-state index in [9.17, 15) is 9.59 Å². The van der Waals surface area contributed by atoms with Gasteiger partial charge in [0.25, 0.3) is 0 Å². The average Bonchev–Trinajstić information content (AvgIpc) is 2.38. The Morgan fingerprint density at radius 1 is 1.39 bits per heavy atom. The van der Waals surface area contributed by atoms with Gasteiger partial charge in [0.15, 0.2) is 0 Å². The molecule has 0 saturated carbocycles. The summed E-state index contributed by atoms with van der Waals surface area (Å²) in [6, 6.07) is 0.407. The van der Waals surface area contributed by atoms with Crippen molar-refractivity contribution in [3.8, 4) is 0 Å². The molecule has 2 saturated heterocycles. The summed E-state index contributed by atoms with van der Waals surface area (Å²) in [7, 11) is 0. The molecule has 2 amide bonds. The van der Waals surface area contributed by atoms with Crippen molar-refractivity contribution in [2.75, 3.05) is 32.7 Å². The normalized spacial score (nSPS) is 25.9. The van der Waals surface area contributed by atoms with Crippen LogP contribution in [-0.4, -0.2) is 60.4 Å². The van der Waals surface area contributed by atoms with E-state index in [-0.39, 0.29) is 11.8 Å². The summed E-state index contributed by atoms with van der Waals surface area (Å²) in [5.41, 5.74) is 0. The standard InChI is InChI=1S/C13H23N3O2/c1-2-11-5-3-4-7-16(11)13(18)10-15-8-6-14-12(17)9-15/h11H,2-10H2,1H3,(H,14,17). The van der Waals surface area contributed by atoms with Gasteiger partial charge in [0.1, 0.15) is 0 Å². The van der Waals surface area contributed by atoms with Crippen molar-refractivity contribution in [1.29, 1.82) is 0 Å². The maximum Gasteiger partial charge on any atom is 0.237 e. The van der Waals surface area contributed by atoms with E-state index in [4.69, 9.17) is 0 Å². The molecule has 102 valence electrons. The van der Waals surface area contributed by atoms with Crippen LogP contribution in [0.2, 0.25) is 0 Å². The minimum absolute atomic E-state index is 0.0275. The van der Waals surface area contributed by atoms with Gasteiger partial charge in [0.2, 0.25) is 11.8 Å². The van der Waals surface area contributed by atoms with Crippen LogP contribution in [0.15, 0.2) is 0 Å². The van der Waals surface area contributed by atoms with Crippen LogP contribution in [-0.2, 0) is 9.59 Å². The zero-order valence-electron chi connectivity index (χ0n) is 11.2. The van der Waals surface area contributed by atoms with Gasteiger partial charge in [-0.05, 0) is 25.7 Å². The van der Waals surface area contributed by atoms with Crippen molar-refractivity contribution in [1.82, 2.24) is 15.1 Å². The number of piperidine rings is 1. The van der Waals surface area contributed by atoms with Crippen LogP contribution in [0, 0.1) is 0 Å². The summed E-state index contributed by atoms with van der Waals surface area (Å²) in [6.07, 6.45) is 4.51. The first-order chi connectivity index (χ1) is 8.70. The molecule has 0 aromatic heterocycles. The third-order valence-corrected chi connectivity index (χ3v) is 3.90. The molecule has 2 heterocycles. The second kappa shape index (κ2) is 6.18. The van der Waals surface area contributed by atoms with Gasteiger partial charge in [-0.15, -0.1) is 0 Å².